The molecule has 2 aromatic carbocycles. The highest BCUT2D eigenvalue weighted by Crippen LogP contribution is 2.30. The fourth-order valence-corrected chi connectivity index (χ4v) is 5.46. The third-order valence-electron chi connectivity index (χ3n) is 7.71. The van der Waals surface area contributed by atoms with E-state index in [1.807, 2.05) is 44.7 Å². The molecule has 3 amide bonds. The van der Waals surface area contributed by atoms with Crippen molar-refractivity contribution in [3.8, 4) is 5.69 Å². The summed E-state index contributed by atoms with van der Waals surface area (Å²) < 4.78 is 58.4. The van der Waals surface area contributed by atoms with Crippen LogP contribution in [0.5, 0.6) is 0 Å². The third-order valence-corrected chi connectivity index (χ3v) is 8.13. The van der Waals surface area contributed by atoms with Crippen LogP contribution >= 0.6 is 0 Å². The van der Waals surface area contributed by atoms with Gasteiger partial charge in [-0.15, -0.1) is 9.35 Å². The number of pyridine rings is 1. The second kappa shape index (κ2) is 13.3. The second-order valence-electron chi connectivity index (χ2n) is 12.6. The predicted molar refractivity (Wildman–Crippen MR) is 178 cm³/mol. The van der Waals surface area contributed by atoms with Crippen molar-refractivity contribution >= 4 is 39.4 Å². The first-order valence-electron chi connectivity index (χ1n) is 15.2. The van der Waals surface area contributed by atoms with Crippen LogP contribution in [0.4, 0.5) is 30.9 Å². The molecule has 48 heavy (non-hydrogen) atoms. The summed E-state index contributed by atoms with van der Waals surface area (Å²) in [5, 5.41) is 8.06. The molecule has 1 fully saturated rings. The van der Waals surface area contributed by atoms with E-state index in [1.165, 1.54) is 10.7 Å². The second-order valence-corrected chi connectivity index (χ2v) is 14.2. The van der Waals surface area contributed by atoms with E-state index in [0.717, 1.165) is 24.0 Å². The maximum absolute atomic E-state index is 13.7. The number of carbonyl (C=O) groups excluding carboxylic acids is 2. The summed E-state index contributed by atoms with van der Waals surface area (Å²) in [7, 11) is -4.17. The lowest BCUT2D eigenvalue weighted by Crippen LogP contribution is -2.49. The Hall–Kier alpha value is -4.89. The molecule has 15 heteroatoms. The average Bonchev–Trinajstić information content (AvgIpc) is 3.48. The fourth-order valence-electron chi connectivity index (χ4n) is 5.04. The molecule has 1 saturated heterocycles. The van der Waals surface area contributed by atoms with Gasteiger partial charge in [-0.05, 0) is 56.3 Å². The summed E-state index contributed by atoms with van der Waals surface area (Å²) >= 11 is 0. The molecule has 1 aliphatic rings. The Morgan fingerprint density at radius 3 is 2.17 bits per heavy atom. The number of hydrogen-bond donors (Lipinski definition) is 1. The Labute approximate surface area is 278 Å². The Balaban J connectivity index is 1.35. The molecular formula is C33H37F2N7O5S. The van der Waals surface area contributed by atoms with Crippen molar-refractivity contribution in [1.82, 2.24) is 19.7 Å². The largest absolute Gasteiger partial charge is 0.353 e. The first-order valence-corrected chi connectivity index (χ1v) is 17.0. The van der Waals surface area contributed by atoms with Gasteiger partial charge in [0.2, 0.25) is 0 Å². The number of carbonyl (C=O) groups is 2. The average molecular weight is 682 g/mol. The molecule has 0 atom stereocenters. The number of nitrogens with one attached hydrogen (secondary N) is 1. The first-order chi connectivity index (χ1) is 22.5. The van der Waals surface area contributed by atoms with Gasteiger partial charge in [0, 0.05) is 43.2 Å². The number of aromatic nitrogens is 3. The lowest BCUT2D eigenvalue weighted by Gasteiger charge is -2.35. The molecular weight excluding hydrogens is 644 g/mol. The van der Waals surface area contributed by atoms with E-state index < -0.39 is 39.1 Å². The van der Waals surface area contributed by atoms with Gasteiger partial charge in [0.05, 0.1) is 29.0 Å². The molecule has 1 N–H and O–H groups in total. The smallest absolute Gasteiger partial charge is 0.353 e. The number of halogens is 2. The van der Waals surface area contributed by atoms with Crippen molar-refractivity contribution in [3.05, 3.63) is 94.8 Å². The van der Waals surface area contributed by atoms with E-state index in [1.54, 1.807) is 42.2 Å². The predicted octanol–water partition coefficient (Wildman–Crippen LogP) is 5.35. The van der Waals surface area contributed by atoms with Gasteiger partial charge < -0.3 is 15.1 Å². The van der Waals surface area contributed by atoms with Crippen molar-refractivity contribution in [2.45, 2.75) is 40.0 Å². The SMILES string of the molecule is Cc1ccc(-n2nc(C(C)(C)C)cc2N(OS(C)(=O)=O)C(=O)Nc2ccc(N3CCN(C(=O)c4ccc(F)c(F)c4)CC3)nc2C)cc1. The summed E-state index contributed by atoms with van der Waals surface area (Å²) in [6, 6.07) is 14.5. The summed E-state index contributed by atoms with van der Waals surface area (Å²) in [5.41, 5.74) is 2.59. The number of amides is 3. The Bertz CT molecular complexity index is 1950. The highest BCUT2D eigenvalue weighted by atomic mass is 32.2. The van der Waals surface area contributed by atoms with E-state index in [2.05, 4.69) is 15.4 Å². The normalized spacial score (nSPS) is 13.8. The van der Waals surface area contributed by atoms with Crippen molar-refractivity contribution < 1.29 is 31.1 Å². The molecule has 2 aromatic heterocycles. The van der Waals surface area contributed by atoms with E-state index in [-0.39, 0.29) is 11.4 Å². The molecule has 1 aliphatic heterocycles. The van der Waals surface area contributed by atoms with Gasteiger partial charge in [-0.3, -0.25) is 4.79 Å². The van der Waals surface area contributed by atoms with E-state index in [0.29, 0.717) is 59.8 Å². The van der Waals surface area contributed by atoms with Gasteiger partial charge in [0.25, 0.3) is 16.0 Å². The van der Waals surface area contributed by atoms with Crippen molar-refractivity contribution in [1.29, 1.82) is 0 Å². The Morgan fingerprint density at radius 1 is 0.917 bits per heavy atom. The number of hydroxylamine groups is 1. The maximum Gasteiger partial charge on any atom is 0.353 e. The summed E-state index contributed by atoms with van der Waals surface area (Å²) in [6.45, 7) is 11.0. The quantitative estimate of drug-likeness (QED) is 0.259. The van der Waals surface area contributed by atoms with Crippen molar-refractivity contribution in [2.75, 3.05) is 47.7 Å². The molecule has 0 aliphatic carbocycles. The third kappa shape index (κ3) is 7.80. The molecule has 0 radical (unpaired) electrons. The summed E-state index contributed by atoms with van der Waals surface area (Å²) in [4.78, 5) is 34.7. The zero-order chi connectivity index (χ0) is 35.0. The van der Waals surface area contributed by atoms with Gasteiger partial charge in [-0.2, -0.15) is 13.5 Å². The van der Waals surface area contributed by atoms with Crippen LogP contribution in [-0.2, 0) is 19.8 Å². The van der Waals surface area contributed by atoms with Gasteiger partial charge in [0.15, 0.2) is 17.5 Å². The minimum absolute atomic E-state index is 0.0712. The zero-order valence-corrected chi connectivity index (χ0v) is 28.3. The maximum atomic E-state index is 13.7. The Kier molecular flexibility index (Phi) is 9.55. The first kappa shape index (κ1) is 34.4. The molecule has 12 nitrogen and oxygen atoms in total. The van der Waals surface area contributed by atoms with E-state index in [9.17, 15) is 26.8 Å². The number of anilines is 3. The van der Waals surface area contributed by atoms with Crippen LogP contribution in [0, 0.1) is 25.5 Å². The number of benzene rings is 2. The zero-order valence-electron chi connectivity index (χ0n) is 27.5. The van der Waals surface area contributed by atoms with Gasteiger partial charge in [-0.1, -0.05) is 38.5 Å². The van der Waals surface area contributed by atoms with Crippen LogP contribution < -0.4 is 15.3 Å². The number of nitrogens with zero attached hydrogens (tertiary/aromatic N) is 6. The van der Waals surface area contributed by atoms with Crippen LogP contribution in [0.1, 0.15) is 48.1 Å². The lowest BCUT2D eigenvalue weighted by atomic mass is 9.92. The van der Waals surface area contributed by atoms with E-state index >= 15 is 0 Å². The number of hydrogen-bond acceptors (Lipinski definition) is 8. The van der Waals surface area contributed by atoms with Crippen molar-refractivity contribution in [3.63, 3.8) is 0 Å². The molecule has 254 valence electrons. The highest BCUT2D eigenvalue weighted by Gasteiger charge is 2.31. The summed E-state index contributed by atoms with van der Waals surface area (Å²) in [6.07, 6.45) is 0.845. The van der Waals surface area contributed by atoms with Crippen LogP contribution in [0.25, 0.3) is 5.69 Å². The minimum Gasteiger partial charge on any atom is -0.353 e. The van der Waals surface area contributed by atoms with Crippen LogP contribution in [0.2, 0.25) is 0 Å². The molecule has 4 aromatic rings. The molecule has 0 unspecified atom stereocenters. The van der Waals surface area contributed by atoms with Crippen LogP contribution in [0.3, 0.4) is 0 Å². The fraction of sp³-hybridized carbons (Fsp3) is 0.333. The number of urea groups is 1. The number of aryl methyl sites for hydroxylation is 2. The molecule has 3 heterocycles. The van der Waals surface area contributed by atoms with Gasteiger partial charge >= 0.3 is 6.03 Å². The minimum atomic E-state index is -4.17. The van der Waals surface area contributed by atoms with Crippen LogP contribution in [-0.4, -0.2) is 72.5 Å². The monoisotopic (exact) mass is 681 g/mol. The molecule has 0 bridgehead atoms. The van der Waals surface area contributed by atoms with Gasteiger partial charge in [0.1, 0.15) is 5.82 Å². The van der Waals surface area contributed by atoms with Crippen LogP contribution in [0.15, 0.2) is 60.7 Å². The summed E-state index contributed by atoms with van der Waals surface area (Å²) in [5.74, 6) is -1.82. The standard InChI is InChI=1S/C33H37F2N7O5S/c1-21-7-10-24(11-8-21)41-30(20-28(38-41)33(3,4)5)42(47-48(6,45)46)32(44)37-27-13-14-29(36-22(27)2)39-15-17-40(18-16-39)31(43)23-9-12-25(34)26(35)19-23/h7-14,19-20H,15-18H2,1-6H3,(H,37,44). The molecule has 5 rings (SSSR count). The van der Waals surface area contributed by atoms with Gasteiger partial charge in [-0.25, -0.2) is 23.2 Å². The highest BCUT2D eigenvalue weighted by molar-refractivity contribution is 7.86. The Morgan fingerprint density at radius 2 is 1.58 bits per heavy atom. The van der Waals surface area contributed by atoms with Crippen molar-refractivity contribution in [2.24, 2.45) is 0 Å². The number of rotatable bonds is 7. The molecule has 0 saturated carbocycles. The topological polar surface area (TPSA) is 130 Å². The van der Waals surface area contributed by atoms with E-state index in [4.69, 9.17) is 4.28 Å². The number of piperazine rings is 1. The molecule has 0 spiro atoms. The lowest BCUT2D eigenvalue weighted by molar-refractivity contribution is 0.0746.